The zero-order chi connectivity index (χ0) is 14.7. The number of benzene rings is 1. The van der Waals surface area contributed by atoms with Gasteiger partial charge in [-0.1, -0.05) is 0 Å². The molecular weight excluding hydrogens is 271 g/mol. The first-order valence-electron chi connectivity index (χ1n) is 5.99. The highest BCUT2D eigenvalue weighted by molar-refractivity contribution is 5.67. The molecule has 0 amide bonds. The van der Waals surface area contributed by atoms with E-state index < -0.39 is 22.8 Å². The number of carbonyl (C=O) groups is 1. The molecule has 0 bridgehead atoms. The molecule has 1 aliphatic heterocycles. The highest BCUT2D eigenvalue weighted by Gasteiger charge is 2.24. The number of nitro groups is 1. The van der Waals surface area contributed by atoms with Gasteiger partial charge < -0.3 is 14.7 Å². The molecule has 1 aromatic carbocycles. The average Bonchev–Trinajstić information content (AvgIpc) is 2.37. The van der Waals surface area contributed by atoms with Gasteiger partial charge in [0.1, 0.15) is 5.82 Å². The lowest BCUT2D eigenvalue weighted by molar-refractivity contribution is -0.385. The normalized spacial score (nSPS) is 18.9. The SMILES string of the molecule is O=C(O)CC1CN(c2cc(F)cc([N+](=O)[O-])c2)CCO1. The van der Waals surface area contributed by atoms with Crippen LogP contribution in [0.4, 0.5) is 15.8 Å². The van der Waals surface area contributed by atoms with Crippen molar-refractivity contribution in [3.63, 3.8) is 0 Å². The Hall–Kier alpha value is -2.22. The van der Waals surface area contributed by atoms with Gasteiger partial charge in [0.05, 0.1) is 30.1 Å². The van der Waals surface area contributed by atoms with Crippen LogP contribution in [0.2, 0.25) is 0 Å². The average molecular weight is 284 g/mol. The molecule has 1 atom stereocenters. The second kappa shape index (κ2) is 5.83. The summed E-state index contributed by atoms with van der Waals surface area (Å²) in [5.41, 5.74) is 0.0247. The van der Waals surface area contributed by atoms with Crippen LogP contribution < -0.4 is 4.90 Å². The molecule has 1 heterocycles. The van der Waals surface area contributed by atoms with Crippen molar-refractivity contribution in [2.45, 2.75) is 12.5 Å². The van der Waals surface area contributed by atoms with Crippen molar-refractivity contribution in [3.8, 4) is 0 Å². The van der Waals surface area contributed by atoms with Crippen LogP contribution in [0.1, 0.15) is 6.42 Å². The number of aliphatic carboxylic acids is 1. The lowest BCUT2D eigenvalue weighted by Crippen LogP contribution is -2.43. The van der Waals surface area contributed by atoms with Crippen molar-refractivity contribution in [1.82, 2.24) is 0 Å². The largest absolute Gasteiger partial charge is 0.481 e. The van der Waals surface area contributed by atoms with Crippen LogP contribution in [0.3, 0.4) is 0 Å². The molecule has 108 valence electrons. The van der Waals surface area contributed by atoms with E-state index in [1.54, 1.807) is 4.90 Å². The van der Waals surface area contributed by atoms with Gasteiger partial charge in [-0.15, -0.1) is 0 Å². The predicted molar refractivity (Wildman–Crippen MR) is 67.3 cm³/mol. The van der Waals surface area contributed by atoms with E-state index in [2.05, 4.69) is 0 Å². The van der Waals surface area contributed by atoms with E-state index in [0.717, 1.165) is 6.07 Å². The third-order valence-electron chi connectivity index (χ3n) is 2.98. The molecule has 0 spiro atoms. The van der Waals surface area contributed by atoms with Crippen molar-refractivity contribution in [1.29, 1.82) is 0 Å². The van der Waals surface area contributed by atoms with Crippen molar-refractivity contribution < 1.29 is 24.0 Å². The summed E-state index contributed by atoms with van der Waals surface area (Å²) in [6, 6.07) is 3.31. The Kier molecular flexibility index (Phi) is 4.14. The van der Waals surface area contributed by atoms with Gasteiger partial charge in [-0.05, 0) is 6.07 Å². The zero-order valence-corrected chi connectivity index (χ0v) is 10.5. The second-order valence-electron chi connectivity index (χ2n) is 4.46. The molecule has 1 fully saturated rings. The smallest absolute Gasteiger partial charge is 0.306 e. The second-order valence-corrected chi connectivity index (χ2v) is 4.46. The first-order valence-corrected chi connectivity index (χ1v) is 5.99. The molecule has 0 saturated carbocycles. The van der Waals surface area contributed by atoms with Crippen LogP contribution >= 0.6 is 0 Å². The van der Waals surface area contributed by atoms with E-state index in [9.17, 15) is 19.3 Å². The third-order valence-corrected chi connectivity index (χ3v) is 2.98. The van der Waals surface area contributed by atoms with Crippen LogP contribution in [0.5, 0.6) is 0 Å². The standard InChI is InChI=1S/C12H13FN2O5/c13-8-3-9(5-10(4-8)15(18)19)14-1-2-20-11(7-14)6-12(16)17/h3-5,11H,1-2,6-7H2,(H,16,17). The lowest BCUT2D eigenvalue weighted by Gasteiger charge is -2.33. The van der Waals surface area contributed by atoms with Gasteiger partial charge in [0.15, 0.2) is 0 Å². The molecule has 1 N–H and O–H groups in total. The molecule has 2 rings (SSSR count). The summed E-state index contributed by atoms with van der Waals surface area (Å²) in [5, 5.41) is 19.5. The summed E-state index contributed by atoms with van der Waals surface area (Å²) < 4.78 is 18.7. The quantitative estimate of drug-likeness (QED) is 0.663. The Morgan fingerprint density at radius 3 is 2.95 bits per heavy atom. The predicted octanol–water partition coefficient (Wildman–Crippen LogP) is 1.41. The maximum absolute atomic E-state index is 13.4. The lowest BCUT2D eigenvalue weighted by atomic mass is 10.1. The Balaban J connectivity index is 2.18. The summed E-state index contributed by atoms with van der Waals surface area (Å²) in [7, 11) is 0. The first-order chi connectivity index (χ1) is 9.45. The van der Waals surface area contributed by atoms with Gasteiger partial charge in [0.25, 0.3) is 5.69 Å². The third kappa shape index (κ3) is 3.41. The van der Waals surface area contributed by atoms with Crippen molar-refractivity contribution in [2.24, 2.45) is 0 Å². The fourth-order valence-corrected chi connectivity index (χ4v) is 2.12. The topological polar surface area (TPSA) is 92.9 Å². The number of hydrogen-bond acceptors (Lipinski definition) is 5. The van der Waals surface area contributed by atoms with Crippen LogP contribution in [0.15, 0.2) is 18.2 Å². The van der Waals surface area contributed by atoms with Gasteiger partial charge in [0.2, 0.25) is 0 Å². The minimum absolute atomic E-state index is 0.159. The maximum Gasteiger partial charge on any atom is 0.306 e. The number of halogens is 1. The summed E-state index contributed by atoms with van der Waals surface area (Å²) in [6.45, 7) is 0.978. The Morgan fingerprint density at radius 2 is 2.30 bits per heavy atom. The van der Waals surface area contributed by atoms with Crippen LogP contribution in [-0.2, 0) is 9.53 Å². The Morgan fingerprint density at radius 1 is 1.55 bits per heavy atom. The zero-order valence-electron chi connectivity index (χ0n) is 10.5. The molecule has 0 radical (unpaired) electrons. The number of nitro benzene ring substituents is 1. The molecular formula is C12H13FN2O5. The van der Waals surface area contributed by atoms with E-state index in [-0.39, 0.29) is 18.7 Å². The Bertz CT molecular complexity index is 537. The van der Waals surface area contributed by atoms with Crippen LogP contribution in [0, 0.1) is 15.9 Å². The summed E-state index contributed by atoms with van der Waals surface area (Å²) in [4.78, 5) is 22.4. The highest BCUT2D eigenvalue weighted by atomic mass is 19.1. The maximum atomic E-state index is 13.4. The van der Waals surface area contributed by atoms with Crippen molar-refractivity contribution in [3.05, 3.63) is 34.1 Å². The van der Waals surface area contributed by atoms with Crippen molar-refractivity contribution >= 4 is 17.3 Å². The van der Waals surface area contributed by atoms with Crippen molar-refractivity contribution in [2.75, 3.05) is 24.6 Å². The number of morpholine rings is 1. The van der Waals surface area contributed by atoms with E-state index in [1.165, 1.54) is 12.1 Å². The van der Waals surface area contributed by atoms with E-state index in [4.69, 9.17) is 9.84 Å². The van der Waals surface area contributed by atoms with Gasteiger partial charge in [-0.3, -0.25) is 14.9 Å². The Labute approximate surface area is 113 Å². The van der Waals surface area contributed by atoms with Gasteiger partial charge >= 0.3 is 5.97 Å². The summed E-state index contributed by atoms with van der Waals surface area (Å²) in [5.74, 6) is -1.68. The van der Waals surface area contributed by atoms with Gasteiger partial charge in [-0.25, -0.2) is 4.39 Å². The number of ether oxygens (including phenoxy) is 1. The van der Waals surface area contributed by atoms with Gasteiger partial charge in [0, 0.05) is 24.8 Å². The molecule has 1 aromatic rings. The van der Waals surface area contributed by atoms with E-state index in [1.807, 2.05) is 0 Å². The van der Waals surface area contributed by atoms with Crippen LogP contribution in [-0.4, -0.2) is 41.8 Å². The molecule has 1 unspecified atom stereocenters. The fourth-order valence-electron chi connectivity index (χ4n) is 2.12. The summed E-state index contributed by atoms with van der Waals surface area (Å²) in [6.07, 6.45) is -0.669. The number of carboxylic acids is 1. The minimum Gasteiger partial charge on any atom is -0.481 e. The van der Waals surface area contributed by atoms with Crippen LogP contribution in [0.25, 0.3) is 0 Å². The first kappa shape index (κ1) is 14.2. The molecule has 0 aromatic heterocycles. The summed E-state index contributed by atoms with van der Waals surface area (Å²) >= 11 is 0. The van der Waals surface area contributed by atoms with E-state index in [0.29, 0.717) is 18.8 Å². The molecule has 8 heteroatoms. The highest BCUT2D eigenvalue weighted by Crippen LogP contribution is 2.25. The number of carboxylic acid groups (broad SMARTS) is 1. The molecule has 1 aliphatic rings. The minimum atomic E-state index is -0.984. The monoisotopic (exact) mass is 284 g/mol. The molecule has 0 aliphatic carbocycles. The van der Waals surface area contributed by atoms with E-state index >= 15 is 0 Å². The molecule has 7 nitrogen and oxygen atoms in total. The fraction of sp³-hybridized carbons (Fsp3) is 0.417. The number of rotatable bonds is 4. The molecule has 20 heavy (non-hydrogen) atoms. The number of nitrogens with zero attached hydrogens (tertiary/aromatic N) is 2. The van der Waals surface area contributed by atoms with Gasteiger partial charge in [-0.2, -0.15) is 0 Å². The number of hydrogen-bond donors (Lipinski definition) is 1. The molecule has 1 saturated heterocycles. The number of anilines is 1. The number of non-ortho nitro benzene ring substituents is 1.